The van der Waals surface area contributed by atoms with Gasteiger partial charge in [-0.25, -0.2) is 14.4 Å². The second kappa shape index (κ2) is 31.4. The molecule has 1 saturated carbocycles. The smallest absolute Gasteiger partial charge is 0.416 e. The molecule has 0 radical (unpaired) electrons. The summed E-state index contributed by atoms with van der Waals surface area (Å²) in [6.45, 7) is 4.95. The van der Waals surface area contributed by atoms with E-state index in [2.05, 4.69) is 42.2 Å². The van der Waals surface area contributed by atoms with E-state index in [0.717, 1.165) is 57.0 Å². The molecule has 1 unspecified atom stereocenters. The van der Waals surface area contributed by atoms with Crippen LogP contribution in [0.1, 0.15) is 103 Å². The largest absolute Gasteiger partial charge is 0.497 e. The summed E-state index contributed by atoms with van der Waals surface area (Å²) in [6.07, 6.45) is 2.34. The standard InChI is InChI=1S/C78H85N13O16/c1-44(2)69(84-67(94)39-81-66(93)38-80-65(92)25-26-68(95)89-40-48-13-8-9-14-53(48)70-71(87(4)86-85-70)54-15-10-11-16-58(54)89)73(97)82-45(3)72(96)83-50-21-17-46(18-22-50)42-107-77(101)91-59-35-64(62(104-7)33-56(59)75(99)90-43-78(27-28-78)36-60(90)76(91)100)106-30-12-29-105-63-34-57-55(32-61(63)103-6)74(98)88-41-49(31-51(88)37-79-57)47-19-23-52(102-5)24-20-47/h8-11,13-24,32-35,41,44-45,51,60,69,76,79,100H,12,25-31,36-40,42-43H2,1-7H3,(H,80,92)(H,81,93)(H,82,97)(H,83,96)(H,84,94)/t45-,51-,60-,69-,76?/m0/s1. The summed E-state index contributed by atoms with van der Waals surface area (Å²) in [6, 6.07) is 32.6. The van der Waals surface area contributed by atoms with E-state index >= 15 is 0 Å². The average Bonchev–Trinajstić information content (AvgIpc) is 1.57. The minimum absolute atomic E-state index is 0.0555. The van der Waals surface area contributed by atoms with Crippen molar-refractivity contribution in [3.63, 3.8) is 0 Å². The highest BCUT2D eigenvalue weighted by Crippen LogP contribution is 2.57. The topological polar surface area (TPSA) is 345 Å². The van der Waals surface area contributed by atoms with Gasteiger partial charge >= 0.3 is 6.09 Å². The quantitative estimate of drug-likeness (QED) is 0.0276. The van der Waals surface area contributed by atoms with Gasteiger partial charge in [-0.1, -0.05) is 85.8 Å². The molecule has 6 aliphatic rings. The molecule has 7 aromatic rings. The van der Waals surface area contributed by atoms with E-state index in [1.807, 2.05) is 79.0 Å². The average molecular weight is 1460 g/mol. The van der Waals surface area contributed by atoms with Gasteiger partial charge in [-0.15, -0.1) is 5.10 Å². The van der Waals surface area contributed by atoms with Gasteiger partial charge in [0.25, 0.3) is 11.8 Å². The highest BCUT2D eigenvalue weighted by atomic mass is 16.6. The van der Waals surface area contributed by atoms with Gasteiger partial charge < -0.3 is 80.1 Å². The third kappa shape index (κ3) is 15.7. The van der Waals surface area contributed by atoms with E-state index in [9.17, 15) is 48.3 Å². The van der Waals surface area contributed by atoms with Gasteiger partial charge in [-0.05, 0) is 109 Å². The molecule has 1 aliphatic carbocycles. The van der Waals surface area contributed by atoms with Gasteiger partial charge in [0.2, 0.25) is 35.4 Å². The molecule has 558 valence electrons. The van der Waals surface area contributed by atoms with Crippen molar-refractivity contribution in [3.05, 3.63) is 155 Å². The lowest BCUT2D eigenvalue weighted by molar-refractivity contribution is -0.132. The second-order valence-corrected chi connectivity index (χ2v) is 27.8. The van der Waals surface area contributed by atoms with Gasteiger partial charge in [-0.2, -0.15) is 0 Å². The number of aryl methyl sites for hydroxylation is 1. The van der Waals surface area contributed by atoms with Crippen LogP contribution in [-0.2, 0) is 53.7 Å². The molecule has 107 heavy (non-hydrogen) atoms. The molecular formula is C78H85N13O16. The number of nitrogens with one attached hydrogen (secondary N) is 6. The number of amides is 9. The Morgan fingerprint density at radius 2 is 1.38 bits per heavy atom. The summed E-state index contributed by atoms with van der Waals surface area (Å²) in [5.41, 5.74) is 8.46. The molecule has 6 aromatic carbocycles. The zero-order valence-electron chi connectivity index (χ0n) is 60.4. The molecule has 1 saturated heterocycles. The number of rotatable bonds is 25. The van der Waals surface area contributed by atoms with Crippen molar-refractivity contribution < 1.29 is 76.7 Å². The SMILES string of the molecule is COc1ccc(C2=CN3C(=O)c4cc(OC)c(OCCCOc5cc6c(cc5OC)C(=O)N5CC7(CC7)C[C@H]5C(O)N6C(=O)OCc5ccc(NC(=O)[C@H](C)NC(=O)[C@@H](NC(=O)CNC(=O)CNC(=O)CCC(=O)N6Cc7ccccc7-c7nnn(C)c7-c7ccccc76)C(C)C)cc5)cc4NC[C@@H]3C2)cc1. The molecule has 29 nitrogen and oxygen atoms in total. The molecule has 1 spiro atoms. The molecule has 29 heteroatoms. The Bertz CT molecular complexity index is 4650. The van der Waals surface area contributed by atoms with Crippen LogP contribution in [0.5, 0.6) is 28.7 Å². The number of para-hydroxylation sites is 1. The molecular weight excluding hydrogens is 1370 g/mol. The molecule has 13 rings (SSSR count). The van der Waals surface area contributed by atoms with Crippen LogP contribution >= 0.6 is 0 Å². The van der Waals surface area contributed by atoms with E-state index in [1.54, 1.807) is 83.8 Å². The number of carbonyl (C=O) groups is 9. The minimum atomic E-state index is -1.50. The predicted molar refractivity (Wildman–Crippen MR) is 393 cm³/mol. The number of carbonyl (C=O) groups excluding carboxylic acids is 9. The van der Waals surface area contributed by atoms with Gasteiger partial charge in [0.15, 0.2) is 29.2 Å². The minimum Gasteiger partial charge on any atom is -0.497 e. The van der Waals surface area contributed by atoms with Crippen LogP contribution in [0.25, 0.3) is 28.1 Å². The van der Waals surface area contributed by atoms with E-state index in [1.165, 1.54) is 33.3 Å². The Hall–Kier alpha value is -12.0. The fraction of sp³-hybridized carbons (Fsp3) is 0.372. The van der Waals surface area contributed by atoms with Crippen molar-refractivity contribution in [2.75, 3.05) is 81.2 Å². The summed E-state index contributed by atoms with van der Waals surface area (Å²) >= 11 is 0. The zero-order valence-corrected chi connectivity index (χ0v) is 60.4. The maximum Gasteiger partial charge on any atom is 0.416 e. The Morgan fingerprint density at radius 3 is 2.09 bits per heavy atom. The van der Waals surface area contributed by atoms with Crippen LogP contribution in [0, 0.1) is 11.3 Å². The number of nitrogens with zero attached hydrogens (tertiary/aromatic N) is 7. The van der Waals surface area contributed by atoms with Crippen molar-refractivity contribution >= 4 is 81.7 Å². The maximum absolute atomic E-state index is 14.5. The van der Waals surface area contributed by atoms with E-state index < -0.39 is 79.0 Å². The van der Waals surface area contributed by atoms with Crippen LogP contribution in [0.2, 0.25) is 0 Å². The summed E-state index contributed by atoms with van der Waals surface area (Å²) in [5, 5.41) is 37.3. The fourth-order valence-corrected chi connectivity index (χ4v) is 14.3. The first-order valence-corrected chi connectivity index (χ1v) is 35.6. The van der Waals surface area contributed by atoms with Crippen molar-refractivity contribution in [1.29, 1.82) is 0 Å². The number of benzene rings is 6. The Labute approximate surface area is 617 Å². The second-order valence-electron chi connectivity index (χ2n) is 27.8. The first kappa shape index (κ1) is 73.3. The third-order valence-corrected chi connectivity index (χ3v) is 20.3. The highest BCUT2D eigenvalue weighted by molar-refractivity contribution is 6.07. The molecule has 1 aromatic heterocycles. The van der Waals surface area contributed by atoms with Gasteiger partial charge in [0.1, 0.15) is 30.1 Å². The van der Waals surface area contributed by atoms with Crippen molar-refractivity contribution in [2.24, 2.45) is 18.4 Å². The van der Waals surface area contributed by atoms with Crippen LogP contribution < -0.4 is 65.4 Å². The lowest BCUT2D eigenvalue weighted by Crippen LogP contribution is -2.55. The first-order valence-electron chi connectivity index (χ1n) is 35.6. The predicted octanol–water partition coefficient (Wildman–Crippen LogP) is 7.32. The van der Waals surface area contributed by atoms with Crippen molar-refractivity contribution in [3.8, 4) is 51.3 Å². The maximum atomic E-state index is 14.5. The Morgan fingerprint density at radius 1 is 0.701 bits per heavy atom. The summed E-state index contributed by atoms with van der Waals surface area (Å²) < 4.78 is 36.9. The van der Waals surface area contributed by atoms with Crippen LogP contribution in [-0.4, -0.2) is 174 Å². The van der Waals surface area contributed by atoms with Crippen LogP contribution in [0.15, 0.2) is 128 Å². The summed E-state index contributed by atoms with van der Waals surface area (Å²) in [5.74, 6) is -2.60. The molecule has 2 fully saturated rings. The molecule has 5 aliphatic heterocycles. The number of methoxy groups -OCH3 is 3. The van der Waals surface area contributed by atoms with Crippen LogP contribution in [0.3, 0.4) is 0 Å². The van der Waals surface area contributed by atoms with Gasteiger partial charge in [-0.3, -0.25) is 38.4 Å². The number of fused-ring (bicyclic) bond motifs is 9. The lowest BCUT2D eigenvalue weighted by atomic mass is 9.95. The third-order valence-electron chi connectivity index (χ3n) is 20.3. The number of anilines is 4. The fourth-order valence-electron chi connectivity index (χ4n) is 14.3. The van der Waals surface area contributed by atoms with E-state index in [0.29, 0.717) is 77.7 Å². The van der Waals surface area contributed by atoms with Gasteiger partial charge in [0.05, 0.1) is 100 Å². The molecule has 7 N–H and O–H groups in total. The number of aromatic nitrogens is 3. The number of ether oxygens (including phenoxy) is 6. The zero-order chi connectivity index (χ0) is 75.4. The molecule has 9 amide bonds. The summed E-state index contributed by atoms with van der Waals surface area (Å²) in [4.78, 5) is 129. The molecule has 6 heterocycles. The van der Waals surface area contributed by atoms with Crippen LogP contribution in [0.4, 0.5) is 27.5 Å². The van der Waals surface area contributed by atoms with Crippen molar-refractivity contribution in [1.82, 2.24) is 46.1 Å². The summed E-state index contributed by atoms with van der Waals surface area (Å²) in [7, 11) is 6.35. The Balaban J connectivity index is 0.570. The Kier molecular flexibility index (Phi) is 21.5. The normalized spacial score (nSPS) is 17.5. The first-order chi connectivity index (χ1) is 51.6. The lowest BCUT2D eigenvalue weighted by Gasteiger charge is -2.31. The van der Waals surface area contributed by atoms with Crippen molar-refractivity contribution in [2.45, 2.75) is 109 Å². The number of aliphatic hydroxyl groups is 1. The number of hydrogen-bond acceptors (Lipinski definition) is 19. The van der Waals surface area contributed by atoms with E-state index in [-0.39, 0.29) is 91.1 Å². The molecule has 5 atom stereocenters. The molecule has 0 bridgehead atoms. The highest BCUT2D eigenvalue weighted by Gasteiger charge is 2.58. The van der Waals surface area contributed by atoms with E-state index in [4.69, 9.17) is 28.4 Å². The van der Waals surface area contributed by atoms with Gasteiger partial charge in [0, 0.05) is 74.5 Å². The number of aliphatic hydroxyl groups excluding tert-OH is 1. The number of hydrogen-bond donors (Lipinski definition) is 7. The monoisotopic (exact) mass is 1460 g/mol.